The van der Waals surface area contributed by atoms with Gasteiger partial charge in [-0.2, -0.15) is 5.10 Å². The standard InChI is InChI=1S/C13H13Cl2N3O/c1-8-3-12(18(2)17-8)7-13(19)16-11-5-9(14)4-10(15)6-11/h3-6H,7H2,1-2H3,(H,16,19). The normalized spacial score (nSPS) is 10.5. The highest BCUT2D eigenvalue weighted by molar-refractivity contribution is 6.35. The molecule has 0 saturated carbocycles. The molecule has 1 aromatic heterocycles. The highest BCUT2D eigenvalue weighted by Crippen LogP contribution is 2.22. The molecule has 1 N–H and O–H groups in total. The molecule has 0 spiro atoms. The second-order valence-corrected chi connectivity index (χ2v) is 5.16. The van der Waals surface area contributed by atoms with E-state index in [0.717, 1.165) is 11.4 Å². The minimum Gasteiger partial charge on any atom is -0.326 e. The first-order valence-corrected chi connectivity index (χ1v) is 6.45. The summed E-state index contributed by atoms with van der Waals surface area (Å²) >= 11 is 11.7. The number of hydrogen-bond acceptors (Lipinski definition) is 2. The molecule has 2 rings (SSSR count). The molecule has 0 atom stereocenters. The second-order valence-electron chi connectivity index (χ2n) is 4.28. The smallest absolute Gasteiger partial charge is 0.230 e. The van der Waals surface area contributed by atoms with Crippen molar-refractivity contribution in [3.63, 3.8) is 0 Å². The first-order chi connectivity index (χ1) is 8.94. The van der Waals surface area contributed by atoms with Crippen LogP contribution in [0.25, 0.3) is 0 Å². The quantitative estimate of drug-likeness (QED) is 0.945. The van der Waals surface area contributed by atoms with E-state index in [1.807, 2.05) is 20.0 Å². The number of anilines is 1. The molecule has 100 valence electrons. The van der Waals surface area contributed by atoms with Crippen LogP contribution < -0.4 is 5.32 Å². The SMILES string of the molecule is Cc1cc(CC(=O)Nc2cc(Cl)cc(Cl)c2)n(C)n1. The topological polar surface area (TPSA) is 46.9 Å². The molecule has 1 aromatic carbocycles. The summed E-state index contributed by atoms with van der Waals surface area (Å²) in [5.41, 5.74) is 2.32. The molecule has 6 heteroatoms. The predicted molar refractivity (Wildman–Crippen MR) is 76.7 cm³/mol. The zero-order valence-corrected chi connectivity index (χ0v) is 12.1. The molecule has 0 fully saturated rings. The number of nitrogens with one attached hydrogen (secondary N) is 1. The molecule has 0 radical (unpaired) electrons. The van der Waals surface area contributed by atoms with Crippen molar-refractivity contribution in [2.24, 2.45) is 7.05 Å². The minimum absolute atomic E-state index is 0.138. The number of nitrogens with zero attached hydrogens (tertiary/aromatic N) is 2. The summed E-state index contributed by atoms with van der Waals surface area (Å²) in [6, 6.07) is 6.80. The molecular formula is C13H13Cl2N3O. The fourth-order valence-electron chi connectivity index (χ4n) is 1.83. The first-order valence-electron chi connectivity index (χ1n) is 5.69. The summed E-state index contributed by atoms with van der Waals surface area (Å²) in [6.45, 7) is 1.89. The highest BCUT2D eigenvalue weighted by Gasteiger charge is 2.09. The maximum atomic E-state index is 11.9. The summed E-state index contributed by atoms with van der Waals surface area (Å²) in [6.07, 6.45) is 0.251. The summed E-state index contributed by atoms with van der Waals surface area (Å²) in [5.74, 6) is -0.138. The molecule has 0 aliphatic carbocycles. The van der Waals surface area contributed by atoms with Crippen LogP contribution in [-0.2, 0) is 18.3 Å². The Balaban J connectivity index is 2.07. The summed E-state index contributed by atoms with van der Waals surface area (Å²) in [7, 11) is 1.81. The molecule has 0 unspecified atom stereocenters. The van der Waals surface area contributed by atoms with Gasteiger partial charge in [0.1, 0.15) is 0 Å². The van der Waals surface area contributed by atoms with Gasteiger partial charge in [0.2, 0.25) is 5.91 Å². The van der Waals surface area contributed by atoms with Crippen LogP contribution in [0.2, 0.25) is 10.0 Å². The Bertz CT molecular complexity index is 602. The van der Waals surface area contributed by atoms with E-state index in [-0.39, 0.29) is 12.3 Å². The second kappa shape index (κ2) is 5.63. The molecule has 1 amide bonds. The molecule has 19 heavy (non-hydrogen) atoms. The number of benzene rings is 1. The van der Waals surface area contributed by atoms with Crippen molar-refractivity contribution in [1.29, 1.82) is 0 Å². The van der Waals surface area contributed by atoms with E-state index in [9.17, 15) is 4.79 Å². The Labute approximate surface area is 121 Å². The van der Waals surface area contributed by atoms with Crippen molar-refractivity contribution in [1.82, 2.24) is 9.78 Å². The molecule has 0 aliphatic rings. The number of aryl methyl sites for hydroxylation is 2. The average molecular weight is 298 g/mol. The predicted octanol–water partition coefficient (Wildman–Crippen LogP) is 3.22. The van der Waals surface area contributed by atoms with E-state index in [1.54, 1.807) is 22.9 Å². The summed E-state index contributed by atoms with van der Waals surface area (Å²) < 4.78 is 1.69. The molecule has 0 saturated heterocycles. The molecule has 1 heterocycles. The third-order valence-corrected chi connectivity index (χ3v) is 3.02. The fraction of sp³-hybridized carbons (Fsp3) is 0.231. The van der Waals surface area contributed by atoms with Crippen LogP contribution in [0.3, 0.4) is 0 Å². The summed E-state index contributed by atoms with van der Waals surface area (Å²) in [5, 5.41) is 7.92. The van der Waals surface area contributed by atoms with Gasteiger partial charge in [0, 0.05) is 28.5 Å². The molecule has 0 bridgehead atoms. The lowest BCUT2D eigenvalue weighted by atomic mass is 10.2. The average Bonchev–Trinajstić information content (AvgIpc) is 2.55. The number of amides is 1. The Morgan fingerprint density at radius 1 is 1.26 bits per heavy atom. The van der Waals surface area contributed by atoms with Gasteiger partial charge in [0.15, 0.2) is 0 Å². The van der Waals surface area contributed by atoms with Gasteiger partial charge in [0.25, 0.3) is 0 Å². The minimum atomic E-state index is -0.138. The molecule has 4 nitrogen and oxygen atoms in total. The van der Waals surface area contributed by atoms with Crippen LogP contribution >= 0.6 is 23.2 Å². The number of aromatic nitrogens is 2. The molecule has 2 aromatic rings. The van der Waals surface area contributed by atoms with Crippen LogP contribution in [0, 0.1) is 6.92 Å². The van der Waals surface area contributed by atoms with E-state index in [4.69, 9.17) is 23.2 Å². The highest BCUT2D eigenvalue weighted by atomic mass is 35.5. The van der Waals surface area contributed by atoms with Crippen LogP contribution in [-0.4, -0.2) is 15.7 Å². The van der Waals surface area contributed by atoms with Gasteiger partial charge < -0.3 is 5.32 Å². The van der Waals surface area contributed by atoms with Crippen molar-refractivity contribution < 1.29 is 4.79 Å². The zero-order valence-electron chi connectivity index (χ0n) is 10.6. The van der Waals surface area contributed by atoms with Gasteiger partial charge in [-0.05, 0) is 31.2 Å². The van der Waals surface area contributed by atoms with Crippen LogP contribution in [0.15, 0.2) is 24.3 Å². The van der Waals surface area contributed by atoms with Gasteiger partial charge >= 0.3 is 0 Å². The number of rotatable bonds is 3. The van der Waals surface area contributed by atoms with E-state index in [1.165, 1.54) is 0 Å². The van der Waals surface area contributed by atoms with Crippen LogP contribution in [0.5, 0.6) is 0 Å². The van der Waals surface area contributed by atoms with Crippen molar-refractivity contribution in [2.75, 3.05) is 5.32 Å². The van der Waals surface area contributed by atoms with E-state index < -0.39 is 0 Å². The Morgan fingerprint density at radius 2 is 1.89 bits per heavy atom. The first kappa shape index (κ1) is 13.9. The van der Waals surface area contributed by atoms with Crippen LogP contribution in [0.1, 0.15) is 11.4 Å². The molecule has 0 aliphatic heterocycles. The monoisotopic (exact) mass is 297 g/mol. The lowest BCUT2D eigenvalue weighted by Gasteiger charge is -2.06. The van der Waals surface area contributed by atoms with E-state index in [0.29, 0.717) is 15.7 Å². The maximum Gasteiger partial charge on any atom is 0.230 e. The van der Waals surface area contributed by atoms with Gasteiger partial charge in [-0.25, -0.2) is 0 Å². The zero-order chi connectivity index (χ0) is 14.0. The van der Waals surface area contributed by atoms with E-state index in [2.05, 4.69) is 10.4 Å². The Kier molecular flexibility index (Phi) is 4.12. The third kappa shape index (κ3) is 3.72. The van der Waals surface area contributed by atoms with Crippen molar-refractivity contribution in [2.45, 2.75) is 13.3 Å². The van der Waals surface area contributed by atoms with Crippen molar-refractivity contribution >= 4 is 34.8 Å². The third-order valence-electron chi connectivity index (χ3n) is 2.59. The van der Waals surface area contributed by atoms with E-state index >= 15 is 0 Å². The largest absolute Gasteiger partial charge is 0.326 e. The fourth-order valence-corrected chi connectivity index (χ4v) is 2.35. The lowest BCUT2D eigenvalue weighted by Crippen LogP contribution is -2.16. The maximum absolute atomic E-state index is 11.9. The van der Waals surface area contributed by atoms with Gasteiger partial charge in [-0.15, -0.1) is 0 Å². The molecular weight excluding hydrogens is 285 g/mol. The van der Waals surface area contributed by atoms with Crippen molar-refractivity contribution in [3.05, 3.63) is 45.7 Å². The Morgan fingerprint density at radius 3 is 2.42 bits per heavy atom. The summed E-state index contributed by atoms with van der Waals surface area (Å²) in [4.78, 5) is 11.9. The number of carbonyl (C=O) groups excluding carboxylic acids is 1. The van der Waals surface area contributed by atoms with Crippen LogP contribution in [0.4, 0.5) is 5.69 Å². The van der Waals surface area contributed by atoms with Gasteiger partial charge in [-0.1, -0.05) is 23.2 Å². The number of carbonyl (C=O) groups is 1. The number of halogens is 2. The lowest BCUT2D eigenvalue weighted by molar-refractivity contribution is -0.115. The van der Waals surface area contributed by atoms with Gasteiger partial charge in [0.05, 0.1) is 12.1 Å². The van der Waals surface area contributed by atoms with Crippen molar-refractivity contribution in [3.8, 4) is 0 Å². The number of hydrogen-bond donors (Lipinski definition) is 1. The Hall–Kier alpha value is -1.52. The van der Waals surface area contributed by atoms with Gasteiger partial charge in [-0.3, -0.25) is 9.48 Å².